The first kappa shape index (κ1) is 6.98. The SMILES string of the molecule is O=Cc1c(S)s[nH]c1=S. The second-order valence-corrected chi connectivity index (χ2v) is 3.34. The highest BCUT2D eigenvalue weighted by atomic mass is 32.2. The van der Waals surface area contributed by atoms with Crippen LogP contribution in [0.3, 0.4) is 0 Å². The molecule has 0 saturated heterocycles. The summed E-state index contributed by atoms with van der Waals surface area (Å²) < 4.78 is 3.86. The lowest BCUT2D eigenvalue weighted by Gasteiger charge is -1.76. The smallest absolute Gasteiger partial charge is 0.155 e. The van der Waals surface area contributed by atoms with Gasteiger partial charge in [-0.25, -0.2) is 0 Å². The Bertz CT molecular complexity index is 274. The summed E-state index contributed by atoms with van der Waals surface area (Å²) in [6.07, 6.45) is 0.706. The molecule has 1 aromatic rings. The Morgan fingerprint density at radius 1 is 1.78 bits per heavy atom. The Morgan fingerprint density at radius 2 is 2.44 bits per heavy atom. The molecule has 1 heterocycles. The number of nitrogens with one attached hydrogen (secondary N) is 1. The van der Waals surface area contributed by atoms with E-state index in [1.54, 1.807) is 0 Å². The second-order valence-electron chi connectivity index (χ2n) is 1.37. The number of aromatic nitrogens is 1. The number of rotatable bonds is 1. The van der Waals surface area contributed by atoms with Gasteiger partial charge in [-0.15, -0.1) is 12.6 Å². The molecule has 0 bridgehead atoms. The third-order valence-electron chi connectivity index (χ3n) is 0.833. The fraction of sp³-hybridized carbons (Fsp3) is 0. The summed E-state index contributed by atoms with van der Waals surface area (Å²) >= 11 is 9.99. The Hall–Kier alpha value is -0.130. The van der Waals surface area contributed by atoms with Crippen molar-refractivity contribution in [3.63, 3.8) is 0 Å². The van der Waals surface area contributed by atoms with Gasteiger partial charge in [0.1, 0.15) is 4.64 Å². The zero-order valence-corrected chi connectivity index (χ0v) is 6.78. The standard InChI is InChI=1S/C4H3NOS3/c6-1-2-3(7)5-9-4(2)8/h1,8H,(H,5,7). The molecular formula is C4H3NOS3. The minimum absolute atomic E-state index is 0.472. The minimum atomic E-state index is 0.472. The number of carbonyl (C=O) groups excluding carboxylic acids is 1. The summed E-state index contributed by atoms with van der Waals surface area (Å²) in [4.78, 5) is 10.2. The fourth-order valence-electron chi connectivity index (χ4n) is 0.406. The first-order valence-electron chi connectivity index (χ1n) is 2.11. The number of aromatic amines is 1. The molecule has 0 radical (unpaired) electrons. The van der Waals surface area contributed by atoms with Crippen LogP contribution >= 0.6 is 36.4 Å². The van der Waals surface area contributed by atoms with Crippen molar-refractivity contribution in [1.82, 2.24) is 4.37 Å². The van der Waals surface area contributed by atoms with Crippen LogP contribution in [0.4, 0.5) is 0 Å². The van der Waals surface area contributed by atoms with Crippen LogP contribution in [-0.4, -0.2) is 10.7 Å². The molecule has 0 unspecified atom stereocenters. The van der Waals surface area contributed by atoms with E-state index in [0.29, 0.717) is 20.7 Å². The minimum Gasteiger partial charge on any atom is -0.300 e. The first-order valence-corrected chi connectivity index (χ1v) is 3.78. The first-order chi connectivity index (χ1) is 4.25. The van der Waals surface area contributed by atoms with Crippen LogP contribution < -0.4 is 0 Å². The predicted octanol–water partition coefficient (Wildman–Crippen LogP) is 1.91. The van der Waals surface area contributed by atoms with Gasteiger partial charge in [0.25, 0.3) is 0 Å². The highest BCUT2D eigenvalue weighted by Gasteiger charge is 2.00. The van der Waals surface area contributed by atoms with Crippen LogP contribution in [0.1, 0.15) is 10.4 Å². The summed E-state index contributed by atoms with van der Waals surface area (Å²) in [5.41, 5.74) is 0.485. The number of thiol groups is 1. The lowest BCUT2D eigenvalue weighted by Crippen LogP contribution is -1.74. The van der Waals surface area contributed by atoms with Gasteiger partial charge in [-0.3, -0.25) is 4.79 Å². The molecule has 1 rings (SSSR count). The van der Waals surface area contributed by atoms with Gasteiger partial charge in [0, 0.05) is 0 Å². The van der Waals surface area contributed by atoms with E-state index in [1.807, 2.05) is 0 Å². The molecule has 0 aliphatic heterocycles. The van der Waals surface area contributed by atoms with E-state index in [2.05, 4.69) is 17.0 Å². The lowest BCUT2D eigenvalue weighted by molar-refractivity contribution is 0.112. The second kappa shape index (κ2) is 2.64. The zero-order valence-electron chi connectivity index (χ0n) is 4.25. The molecule has 2 nitrogen and oxygen atoms in total. The Balaban J connectivity index is 3.40. The summed E-state index contributed by atoms with van der Waals surface area (Å²) in [6, 6.07) is 0. The van der Waals surface area contributed by atoms with Crippen molar-refractivity contribution in [3.05, 3.63) is 10.2 Å². The summed E-state index contributed by atoms with van der Waals surface area (Å²) in [5, 5.41) is 0. The number of aldehydes is 1. The molecule has 9 heavy (non-hydrogen) atoms. The third-order valence-corrected chi connectivity index (χ3v) is 2.52. The van der Waals surface area contributed by atoms with E-state index in [-0.39, 0.29) is 0 Å². The maximum Gasteiger partial charge on any atom is 0.155 e. The number of hydrogen-bond acceptors (Lipinski definition) is 4. The van der Waals surface area contributed by atoms with E-state index in [1.165, 1.54) is 11.5 Å². The van der Waals surface area contributed by atoms with E-state index >= 15 is 0 Å². The highest BCUT2D eigenvalue weighted by molar-refractivity contribution is 7.82. The zero-order chi connectivity index (χ0) is 6.85. The average molecular weight is 177 g/mol. The summed E-state index contributed by atoms with van der Waals surface area (Å²) in [5.74, 6) is 0. The van der Waals surface area contributed by atoms with Crippen LogP contribution in [0.25, 0.3) is 0 Å². The van der Waals surface area contributed by atoms with Crippen LogP contribution in [0, 0.1) is 4.64 Å². The van der Waals surface area contributed by atoms with Crippen molar-refractivity contribution in [3.8, 4) is 0 Å². The van der Waals surface area contributed by atoms with Crippen molar-refractivity contribution in [2.75, 3.05) is 0 Å². The van der Waals surface area contributed by atoms with Gasteiger partial charge in [-0.1, -0.05) is 23.8 Å². The van der Waals surface area contributed by atoms with Crippen molar-refractivity contribution >= 4 is 42.7 Å². The average Bonchev–Trinajstić information content (AvgIpc) is 2.12. The van der Waals surface area contributed by atoms with E-state index < -0.39 is 0 Å². The van der Waals surface area contributed by atoms with Gasteiger partial charge in [-0.05, 0) is 0 Å². The van der Waals surface area contributed by atoms with Crippen LogP contribution in [0.15, 0.2) is 4.21 Å². The molecule has 0 saturated carbocycles. The van der Waals surface area contributed by atoms with Gasteiger partial charge >= 0.3 is 0 Å². The maximum absolute atomic E-state index is 10.2. The monoisotopic (exact) mass is 177 g/mol. The number of hydrogen-bond donors (Lipinski definition) is 2. The Kier molecular flexibility index (Phi) is 2.05. The van der Waals surface area contributed by atoms with Gasteiger partial charge in [0.2, 0.25) is 0 Å². The third kappa shape index (κ3) is 1.23. The topological polar surface area (TPSA) is 32.9 Å². The highest BCUT2D eigenvalue weighted by Crippen LogP contribution is 2.16. The molecule has 0 atom stereocenters. The Labute approximate surface area is 66.5 Å². The molecular weight excluding hydrogens is 174 g/mol. The maximum atomic E-state index is 10.2. The molecule has 0 spiro atoms. The Morgan fingerprint density at radius 3 is 2.67 bits per heavy atom. The summed E-state index contributed by atoms with van der Waals surface area (Å²) in [6.45, 7) is 0. The van der Waals surface area contributed by atoms with Gasteiger partial charge in [0.15, 0.2) is 6.29 Å². The normalized spacial score (nSPS) is 9.44. The van der Waals surface area contributed by atoms with Gasteiger partial charge < -0.3 is 4.37 Å². The predicted molar refractivity (Wildman–Crippen MR) is 42.1 cm³/mol. The molecule has 0 aliphatic carbocycles. The number of H-pyrrole nitrogens is 1. The fourth-order valence-corrected chi connectivity index (χ4v) is 1.68. The van der Waals surface area contributed by atoms with E-state index in [9.17, 15) is 4.79 Å². The quantitative estimate of drug-likeness (QED) is 0.390. The van der Waals surface area contributed by atoms with Crippen LogP contribution in [-0.2, 0) is 0 Å². The molecule has 0 aromatic carbocycles. The molecule has 0 fully saturated rings. The molecule has 0 amide bonds. The molecule has 0 aliphatic rings. The van der Waals surface area contributed by atoms with Gasteiger partial charge in [-0.2, -0.15) is 0 Å². The van der Waals surface area contributed by atoms with Crippen LogP contribution in [0.2, 0.25) is 0 Å². The van der Waals surface area contributed by atoms with Gasteiger partial charge in [0.05, 0.1) is 9.77 Å². The van der Waals surface area contributed by atoms with E-state index in [4.69, 9.17) is 12.2 Å². The van der Waals surface area contributed by atoms with Crippen molar-refractivity contribution in [2.24, 2.45) is 0 Å². The van der Waals surface area contributed by atoms with Crippen LogP contribution in [0.5, 0.6) is 0 Å². The molecule has 5 heteroatoms. The summed E-state index contributed by atoms with van der Waals surface area (Å²) in [7, 11) is 0. The van der Waals surface area contributed by atoms with Crippen molar-refractivity contribution < 1.29 is 4.79 Å². The lowest BCUT2D eigenvalue weighted by atomic mass is 10.4. The molecule has 48 valence electrons. The largest absolute Gasteiger partial charge is 0.300 e. The van der Waals surface area contributed by atoms with E-state index in [0.717, 1.165) is 0 Å². The molecule has 1 aromatic heterocycles. The van der Waals surface area contributed by atoms with Crippen molar-refractivity contribution in [2.45, 2.75) is 4.21 Å². The molecule has 1 N–H and O–H groups in total. The number of carbonyl (C=O) groups is 1. The van der Waals surface area contributed by atoms with Crippen molar-refractivity contribution in [1.29, 1.82) is 0 Å².